The molecule has 1 aromatic heterocycles. The summed E-state index contributed by atoms with van der Waals surface area (Å²) in [6.45, 7) is 2.03. The molecule has 2 aromatic rings. The third-order valence-electron chi connectivity index (χ3n) is 5.48. The lowest BCUT2D eigenvalue weighted by Crippen LogP contribution is -2.52. The molecule has 1 aliphatic carbocycles. The Bertz CT molecular complexity index is 847. The van der Waals surface area contributed by atoms with Gasteiger partial charge in [0.2, 0.25) is 5.91 Å². The van der Waals surface area contributed by atoms with E-state index in [1.165, 1.54) is 12.8 Å². The molecule has 1 amide bonds. The average Bonchev–Trinajstić information content (AvgIpc) is 3.22. The average molecular weight is 364 g/mol. The monoisotopic (exact) mass is 364 g/mol. The van der Waals surface area contributed by atoms with Crippen LogP contribution in [0.25, 0.3) is 0 Å². The van der Waals surface area contributed by atoms with Gasteiger partial charge in [-0.25, -0.2) is 9.97 Å². The maximum atomic E-state index is 12.5. The molecule has 2 aliphatic rings. The van der Waals surface area contributed by atoms with Gasteiger partial charge >= 0.3 is 0 Å². The van der Waals surface area contributed by atoms with Crippen LogP contribution in [0, 0.1) is 0 Å². The zero-order valence-corrected chi connectivity index (χ0v) is 15.5. The molecular formula is C21H24N4O2. The molecule has 0 saturated heterocycles. The van der Waals surface area contributed by atoms with Crippen molar-refractivity contribution < 1.29 is 9.59 Å². The number of amides is 1. The highest BCUT2D eigenvalue weighted by Gasteiger charge is 2.38. The fourth-order valence-electron chi connectivity index (χ4n) is 4.13. The molecule has 1 fully saturated rings. The largest absolute Gasteiger partial charge is 0.340 e. The van der Waals surface area contributed by atoms with E-state index < -0.39 is 0 Å². The van der Waals surface area contributed by atoms with E-state index in [4.69, 9.17) is 4.98 Å². The molecule has 0 radical (unpaired) electrons. The minimum Gasteiger partial charge on any atom is -0.340 e. The van der Waals surface area contributed by atoms with E-state index in [-0.39, 0.29) is 24.2 Å². The molecule has 0 spiro atoms. The van der Waals surface area contributed by atoms with Crippen molar-refractivity contribution in [3.8, 4) is 0 Å². The fourth-order valence-corrected chi connectivity index (χ4v) is 4.13. The van der Waals surface area contributed by atoms with Crippen LogP contribution in [0.3, 0.4) is 0 Å². The van der Waals surface area contributed by atoms with Crippen molar-refractivity contribution in [3.05, 3.63) is 47.9 Å². The highest BCUT2D eigenvalue weighted by atomic mass is 16.2. The Morgan fingerprint density at radius 2 is 1.96 bits per heavy atom. The normalized spacial score (nSPS) is 19.7. The van der Waals surface area contributed by atoms with Gasteiger partial charge < -0.3 is 10.2 Å². The second-order valence-electron chi connectivity index (χ2n) is 7.25. The van der Waals surface area contributed by atoms with Gasteiger partial charge in [-0.15, -0.1) is 0 Å². The molecule has 6 heteroatoms. The van der Waals surface area contributed by atoms with Crippen LogP contribution in [0.2, 0.25) is 0 Å². The number of Topliss-reactive ketones (excluding diaryl/α,β-unsaturated/α-hetero) is 1. The van der Waals surface area contributed by atoms with Crippen molar-refractivity contribution in [1.29, 1.82) is 0 Å². The third kappa shape index (κ3) is 3.44. The lowest BCUT2D eigenvalue weighted by molar-refractivity contribution is -0.117. The van der Waals surface area contributed by atoms with Crippen LogP contribution in [0.4, 0.5) is 11.5 Å². The van der Waals surface area contributed by atoms with E-state index in [0.29, 0.717) is 23.1 Å². The molecular weight excluding hydrogens is 340 g/mol. The zero-order valence-electron chi connectivity index (χ0n) is 15.5. The maximum Gasteiger partial charge on any atom is 0.247 e. The quantitative estimate of drug-likeness (QED) is 0.823. The molecule has 0 unspecified atom stereocenters. The highest BCUT2D eigenvalue weighted by Crippen LogP contribution is 2.37. The van der Waals surface area contributed by atoms with E-state index in [2.05, 4.69) is 15.2 Å². The fraction of sp³-hybridized carbons (Fsp3) is 0.429. The van der Waals surface area contributed by atoms with Crippen LogP contribution in [-0.2, 0) is 11.2 Å². The van der Waals surface area contributed by atoms with E-state index in [0.717, 1.165) is 25.1 Å². The molecule has 2 heterocycles. The zero-order chi connectivity index (χ0) is 18.8. The Labute approximate surface area is 159 Å². The van der Waals surface area contributed by atoms with Crippen LogP contribution in [0.15, 0.2) is 36.5 Å². The number of benzene rings is 1. The summed E-state index contributed by atoms with van der Waals surface area (Å²) in [5.41, 5.74) is 1.30. The van der Waals surface area contributed by atoms with Gasteiger partial charge in [-0.3, -0.25) is 9.59 Å². The number of ketones is 1. The number of hydrogen-bond donors (Lipinski definition) is 1. The smallest absolute Gasteiger partial charge is 0.247 e. The van der Waals surface area contributed by atoms with Gasteiger partial charge in [0.1, 0.15) is 17.6 Å². The number of anilines is 2. The van der Waals surface area contributed by atoms with Crippen LogP contribution in [0.5, 0.6) is 0 Å². The van der Waals surface area contributed by atoms with Crippen molar-refractivity contribution in [2.45, 2.75) is 57.5 Å². The number of fused-ring (bicyclic) bond motifs is 1. The minimum absolute atomic E-state index is 0.00477. The lowest BCUT2D eigenvalue weighted by Gasteiger charge is -2.40. The summed E-state index contributed by atoms with van der Waals surface area (Å²) in [6, 6.07) is 9.31. The predicted octanol–water partition coefficient (Wildman–Crippen LogP) is 3.38. The van der Waals surface area contributed by atoms with Crippen molar-refractivity contribution in [2.75, 3.05) is 10.2 Å². The Hall–Kier alpha value is -2.76. The number of rotatable bonds is 5. The SMILES string of the molecule is CC[C@@H]1C(=O)Nc2cnc(CC(=O)c3ccccc3)nc2N1C1CCCC1. The molecule has 1 saturated carbocycles. The molecule has 1 N–H and O–H groups in total. The first-order chi connectivity index (χ1) is 13.2. The van der Waals surface area contributed by atoms with Gasteiger partial charge in [0.25, 0.3) is 0 Å². The number of nitrogens with zero attached hydrogens (tertiary/aromatic N) is 3. The summed E-state index contributed by atoms with van der Waals surface area (Å²) in [5, 5.41) is 2.94. The molecule has 27 heavy (non-hydrogen) atoms. The van der Waals surface area contributed by atoms with E-state index in [1.54, 1.807) is 18.3 Å². The second-order valence-corrected chi connectivity index (χ2v) is 7.25. The Kier molecular flexibility index (Phi) is 4.88. The molecule has 1 atom stereocenters. The number of nitrogens with one attached hydrogen (secondary N) is 1. The van der Waals surface area contributed by atoms with Crippen molar-refractivity contribution in [2.24, 2.45) is 0 Å². The molecule has 0 bridgehead atoms. The van der Waals surface area contributed by atoms with Crippen LogP contribution >= 0.6 is 0 Å². The lowest BCUT2D eigenvalue weighted by atomic mass is 10.0. The van der Waals surface area contributed by atoms with E-state index in [9.17, 15) is 9.59 Å². The van der Waals surface area contributed by atoms with Gasteiger partial charge in [-0.2, -0.15) is 0 Å². The Morgan fingerprint density at radius 3 is 2.67 bits per heavy atom. The molecule has 1 aliphatic heterocycles. The van der Waals surface area contributed by atoms with Crippen molar-refractivity contribution in [3.63, 3.8) is 0 Å². The topological polar surface area (TPSA) is 75.2 Å². The standard InChI is InChI=1S/C21H24N4O2/c1-2-17-21(27)23-16-13-22-19(12-18(26)14-8-4-3-5-9-14)24-20(16)25(17)15-10-6-7-11-15/h3-5,8-9,13,15,17H,2,6-7,10-12H2,1H3,(H,23,27)/t17-/m1/s1. The molecule has 1 aromatic carbocycles. The highest BCUT2D eigenvalue weighted by molar-refractivity contribution is 6.03. The first-order valence-corrected chi connectivity index (χ1v) is 9.70. The van der Waals surface area contributed by atoms with Gasteiger partial charge in [0.05, 0.1) is 12.6 Å². The van der Waals surface area contributed by atoms with E-state index in [1.807, 2.05) is 25.1 Å². The van der Waals surface area contributed by atoms with Gasteiger partial charge in [-0.1, -0.05) is 50.1 Å². The Morgan fingerprint density at radius 1 is 1.22 bits per heavy atom. The van der Waals surface area contributed by atoms with E-state index >= 15 is 0 Å². The number of aromatic nitrogens is 2. The number of carbonyl (C=O) groups is 2. The molecule has 6 nitrogen and oxygen atoms in total. The predicted molar refractivity (Wildman–Crippen MR) is 104 cm³/mol. The number of carbonyl (C=O) groups excluding carboxylic acids is 2. The van der Waals surface area contributed by atoms with Crippen LogP contribution in [-0.4, -0.2) is 33.7 Å². The second kappa shape index (κ2) is 7.47. The third-order valence-corrected chi connectivity index (χ3v) is 5.48. The summed E-state index contributed by atoms with van der Waals surface area (Å²) in [6.07, 6.45) is 7.03. The maximum absolute atomic E-state index is 12.5. The Balaban J connectivity index is 1.65. The molecule has 4 rings (SSSR count). The van der Waals surface area contributed by atoms with Crippen molar-refractivity contribution in [1.82, 2.24) is 9.97 Å². The van der Waals surface area contributed by atoms with Crippen LogP contribution < -0.4 is 10.2 Å². The first kappa shape index (κ1) is 17.6. The van der Waals surface area contributed by atoms with Gasteiger partial charge in [-0.05, 0) is 19.3 Å². The summed E-state index contributed by atoms with van der Waals surface area (Å²) in [7, 11) is 0. The van der Waals surface area contributed by atoms with Gasteiger partial charge in [0, 0.05) is 11.6 Å². The summed E-state index contributed by atoms with van der Waals surface area (Å²) in [4.78, 5) is 36.3. The summed E-state index contributed by atoms with van der Waals surface area (Å²) >= 11 is 0. The van der Waals surface area contributed by atoms with Crippen molar-refractivity contribution >= 4 is 23.2 Å². The van der Waals surface area contributed by atoms with Gasteiger partial charge in [0.15, 0.2) is 11.6 Å². The summed E-state index contributed by atoms with van der Waals surface area (Å²) < 4.78 is 0. The first-order valence-electron chi connectivity index (χ1n) is 9.70. The summed E-state index contributed by atoms with van der Waals surface area (Å²) in [5.74, 6) is 1.26. The minimum atomic E-state index is -0.215. The molecule has 140 valence electrons. The number of hydrogen-bond acceptors (Lipinski definition) is 5. The van der Waals surface area contributed by atoms with Crippen LogP contribution in [0.1, 0.15) is 55.2 Å².